The summed E-state index contributed by atoms with van der Waals surface area (Å²) in [6.07, 6.45) is 1.29. The topological polar surface area (TPSA) is 46.5 Å². The van der Waals surface area contributed by atoms with Gasteiger partial charge in [0.1, 0.15) is 5.25 Å². The van der Waals surface area contributed by atoms with E-state index >= 15 is 0 Å². The van der Waals surface area contributed by atoms with Gasteiger partial charge in [0.15, 0.2) is 0 Å². The van der Waals surface area contributed by atoms with Gasteiger partial charge in [-0.15, -0.1) is 11.8 Å². The van der Waals surface area contributed by atoms with Crippen LogP contribution in [0.4, 0.5) is 0 Å². The predicted molar refractivity (Wildman–Crippen MR) is 78.3 cm³/mol. The van der Waals surface area contributed by atoms with Crippen LogP contribution in [0.15, 0.2) is 29.2 Å². The lowest BCUT2D eigenvalue weighted by Gasteiger charge is -2.14. The van der Waals surface area contributed by atoms with Crippen LogP contribution >= 0.6 is 11.8 Å². The molecule has 2 unspecified atom stereocenters. The van der Waals surface area contributed by atoms with E-state index in [2.05, 4.69) is 6.92 Å². The van der Waals surface area contributed by atoms with Crippen molar-refractivity contribution in [3.05, 3.63) is 29.8 Å². The molecule has 0 bridgehead atoms. The molecule has 0 spiro atoms. The summed E-state index contributed by atoms with van der Waals surface area (Å²) in [5.41, 5.74) is 0.882. The third-order valence-corrected chi connectivity index (χ3v) is 4.00. The summed E-state index contributed by atoms with van der Waals surface area (Å²) in [4.78, 5) is 12.9. The van der Waals surface area contributed by atoms with E-state index < -0.39 is 6.10 Å². The fourth-order valence-corrected chi connectivity index (χ4v) is 2.85. The van der Waals surface area contributed by atoms with Crippen LogP contribution in [0.3, 0.4) is 0 Å². The van der Waals surface area contributed by atoms with E-state index in [0.29, 0.717) is 6.61 Å². The highest BCUT2D eigenvalue weighted by molar-refractivity contribution is 8.00. The Morgan fingerprint density at radius 2 is 1.95 bits per heavy atom. The second-order valence-electron chi connectivity index (χ2n) is 4.39. The number of thioether (sulfide) groups is 1. The molecule has 3 nitrogen and oxygen atoms in total. The molecule has 0 radical (unpaired) electrons. The third kappa shape index (κ3) is 5.25. The molecule has 0 aliphatic heterocycles. The van der Waals surface area contributed by atoms with Crippen molar-refractivity contribution < 1.29 is 14.6 Å². The van der Waals surface area contributed by atoms with Gasteiger partial charge in [0, 0.05) is 4.90 Å². The van der Waals surface area contributed by atoms with Crippen molar-refractivity contribution >= 4 is 17.7 Å². The Bertz CT molecular complexity index is 387. The molecule has 0 aliphatic carbocycles. The van der Waals surface area contributed by atoms with Crippen LogP contribution in [0.5, 0.6) is 0 Å². The Balaban J connectivity index is 2.70. The lowest BCUT2D eigenvalue weighted by molar-refractivity contribution is -0.142. The maximum Gasteiger partial charge on any atom is 0.319 e. The molecule has 0 fully saturated rings. The minimum absolute atomic E-state index is 0.144. The Labute approximate surface area is 119 Å². The number of aliphatic hydroxyl groups is 1. The van der Waals surface area contributed by atoms with E-state index in [4.69, 9.17) is 4.74 Å². The molecule has 4 heteroatoms. The van der Waals surface area contributed by atoms with Gasteiger partial charge in [-0.3, -0.25) is 4.79 Å². The SMILES string of the molecule is CCCC(Sc1ccc(C(C)O)cc1)C(=O)OCC. The minimum Gasteiger partial charge on any atom is -0.465 e. The van der Waals surface area contributed by atoms with Gasteiger partial charge in [-0.25, -0.2) is 0 Å². The normalized spacial score (nSPS) is 13.9. The van der Waals surface area contributed by atoms with Gasteiger partial charge < -0.3 is 9.84 Å². The van der Waals surface area contributed by atoms with Crippen LogP contribution < -0.4 is 0 Å². The van der Waals surface area contributed by atoms with E-state index in [1.165, 1.54) is 11.8 Å². The Hall–Kier alpha value is -1.00. The maximum absolute atomic E-state index is 11.8. The molecule has 0 heterocycles. The molecule has 0 aromatic heterocycles. The number of hydrogen-bond donors (Lipinski definition) is 1. The van der Waals surface area contributed by atoms with Crippen LogP contribution in [-0.2, 0) is 9.53 Å². The van der Waals surface area contributed by atoms with Crippen molar-refractivity contribution in [2.45, 2.75) is 49.9 Å². The Morgan fingerprint density at radius 1 is 1.32 bits per heavy atom. The van der Waals surface area contributed by atoms with Gasteiger partial charge >= 0.3 is 5.97 Å². The van der Waals surface area contributed by atoms with Gasteiger partial charge in [0.2, 0.25) is 0 Å². The van der Waals surface area contributed by atoms with Crippen LogP contribution in [0, 0.1) is 0 Å². The first kappa shape index (κ1) is 16.1. The lowest BCUT2D eigenvalue weighted by Crippen LogP contribution is -2.20. The first-order chi connectivity index (χ1) is 9.08. The standard InChI is InChI=1S/C15H22O3S/c1-4-6-14(15(17)18-5-2)19-13-9-7-12(8-10-13)11(3)16/h7-11,14,16H,4-6H2,1-3H3. The lowest BCUT2D eigenvalue weighted by atomic mass is 10.1. The summed E-state index contributed by atoms with van der Waals surface area (Å²) >= 11 is 1.53. The first-order valence-corrected chi connectivity index (χ1v) is 7.57. The molecule has 2 atom stereocenters. The maximum atomic E-state index is 11.8. The zero-order chi connectivity index (χ0) is 14.3. The highest BCUT2D eigenvalue weighted by Crippen LogP contribution is 2.28. The molecular formula is C15H22O3S. The van der Waals surface area contributed by atoms with Gasteiger partial charge in [0.25, 0.3) is 0 Å². The second-order valence-corrected chi connectivity index (χ2v) is 5.67. The van der Waals surface area contributed by atoms with Crippen LogP contribution in [0.2, 0.25) is 0 Å². The number of esters is 1. The summed E-state index contributed by atoms with van der Waals surface area (Å²) in [6, 6.07) is 7.66. The van der Waals surface area contributed by atoms with E-state index in [1.54, 1.807) is 6.92 Å². The number of carbonyl (C=O) groups is 1. The number of ether oxygens (including phenoxy) is 1. The fourth-order valence-electron chi connectivity index (χ4n) is 1.71. The highest BCUT2D eigenvalue weighted by atomic mass is 32.2. The largest absolute Gasteiger partial charge is 0.465 e. The summed E-state index contributed by atoms with van der Waals surface area (Å²) < 4.78 is 5.09. The van der Waals surface area contributed by atoms with Gasteiger partial charge in [-0.05, 0) is 38.0 Å². The average molecular weight is 282 g/mol. The van der Waals surface area contributed by atoms with Crippen LogP contribution in [-0.4, -0.2) is 22.9 Å². The molecule has 1 rings (SSSR count). The molecule has 0 aliphatic rings. The second kappa shape index (κ2) is 8.23. The summed E-state index contributed by atoms with van der Waals surface area (Å²) in [6.45, 7) is 6.04. The monoisotopic (exact) mass is 282 g/mol. The van der Waals surface area contributed by atoms with Gasteiger partial charge in [-0.1, -0.05) is 25.5 Å². The third-order valence-electron chi connectivity index (χ3n) is 2.74. The molecule has 19 heavy (non-hydrogen) atoms. The number of hydrogen-bond acceptors (Lipinski definition) is 4. The van der Waals surface area contributed by atoms with Gasteiger partial charge in [0.05, 0.1) is 12.7 Å². The molecule has 1 aromatic rings. The molecule has 1 N–H and O–H groups in total. The zero-order valence-corrected chi connectivity index (χ0v) is 12.6. The van der Waals surface area contributed by atoms with Gasteiger partial charge in [-0.2, -0.15) is 0 Å². The fraction of sp³-hybridized carbons (Fsp3) is 0.533. The van der Waals surface area contributed by atoms with Crippen molar-refractivity contribution in [1.82, 2.24) is 0 Å². The highest BCUT2D eigenvalue weighted by Gasteiger charge is 2.20. The van der Waals surface area contributed by atoms with Crippen molar-refractivity contribution in [2.75, 3.05) is 6.61 Å². The van der Waals surface area contributed by atoms with Crippen LogP contribution in [0.25, 0.3) is 0 Å². The zero-order valence-electron chi connectivity index (χ0n) is 11.8. The quantitative estimate of drug-likeness (QED) is 0.613. The van der Waals surface area contributed by atoms with E-state index in [1.807, 2.05) is 31.2 Å². The molecular weight excluding hydrogens is 260 g/mol. The van der Waals surface area contributed by atoms with Crippen molar-refractivity contribution in [3.63, 3.8) is 0 Å². The van der Waals surface area contributed by atoms with Crippen molar-refractivity contribution in [2.24, 2.45) is 0 Å². The number of benzene rings is 1. The van der Waals surface area contributed by atoms with Crippen LogP contribution in [0.1, 0.15) is 45.3 Å². The number of rotatable bonds is 7. The van der Waals surface area contributed by atoms with Crippen molar-refractivity contribution in [3.8, 4) is 0 Å². The first-order valence-electron chi connectivity index (χ1n) is 6.69. The summed E-state index contributed by atoms with van der Waals surface area (Å²) in [7, 11) is 0. The van der Waals surface area contributed by atoms with E-state index in [9.17, 15) is 9.90 Å². The molecule has 1 aromatic carbocycles. The number of carbonyl (C=O) groups excluding carboxylic acids is 1. The molecule has 106 valence electrons. The molecule has 0 saturated carbocycles. The minimum atomic E-state index is -0.462. The van der Waals surface area contributed by atoms with E-state index in [0.717, 1.165) is 23.3 Å². The summed E-state index contributed by atoms with van der Waals surface area (Å²) in [5.74, 6) is -0.144. The summed E-state index contributed by atoms with van der Waals surface area (Å²) in [5, 5.41) is 9.31. The van der Waals surface area contributed by atoms with Crippen molar-refractivity contribution in [1.29, 1.82) is 0 Å². The smallest absolute Gasteiger partial charge is 0.319 e. The van der Waals surface area contributed by atoms with E-state index in [-0.39, 0.29) is 11.2 Å². The predicted octanol–water partition coefficient (Wildman–Crippen LogP) is 3.56. The number of aliphatic hydroxyl groups excluding tert-OH is 1. The molecule has 0 saturated heterocycles. The average Bonchev–Trinajstić information content (AvgIpc) is 2.39. The Kier molecular flexibility index (Phi) is 6.95. The Morgan fingerprint density at radius 3 is 2.42 bits per heavy atom. The molecule has 0 amide bonds.